The number of likely N-dealkylation sites (tertiary alicyclic amines) is 1. The maximum absolute atomic E-state index is 12.8. The van der Waals surface area contributed by atoms with Gasteiger partial charge in [0.05, 0.1) is 0 Å². The van der Waals surface area contributed by atoms with E-state index in [9.17, 15) is 22.8 Å². The van der Waals surface area contributed by atoms with Crippen LogP contribution in [0.3, 0.4) is 0 Å². The zero-order chi connectivity index (χ0) is 21.2. The highest BCUT2D eigenvalue weighted by molar-refractivity contribution is 5.78. The van der Waals surface area contributed by atoms with E-state index in [4.69, 9.17) is 0 Å². The monoisotopic (exact) mass is 412 g/mol. The van der Waals surface area contributed by atoms with Gasteiger partial charge in [-0.2, -0.15) is 18.2 Å². The van der Waals surface area contributed by atoms with Crippen molar-refractivity contribution in [2.75, 3.05) is 19.6 Å². The fraction of sp³-hybridized carbons (Fsp3) is 0.611. The van der Waals surface area contributed by atoms with Crippen molar-refractivity contribution in [3.63, 3.8) is 0 Å². The summed E-state index contributed by atoms with van der Waals surface area (Å²) in [5, 5.41) is 6.31. The van der Waals surface area contributed by atoms with Crippen LogP contribution in [0.5, 0.6) is 0 Å². The summed E-state index contributed by atoms with van der Waals surface area (Å²) in [5.74, 6) is -1.35. The van der Waals surface area contributed by atoms with Crippen LogP contribution in [0.2, 0.25) is 0 Å². The molecule has 0 radical (unpaired) electrons. The van der Waals surface area contributed by atoms with Crippen molar-refractivity contribution in [3.8, 4) is 0 Å². The van der Waals surface area contributed by atoms with Crippen LogP contribution in [0.4, 0.5) is 13.2 Å². The molecule has 1 fully saturated rings. The van der Waals surface area contributed by atoms with Gasteiger partial charge >= 0.3 is 6.18 Å². The Labute approximate surface area is 165 Å². The Bertz CT molecular complexity index is 924. The number of nitrogens with zero attached hydrogens (tertiary/aromatic N) is 5. The standard InChI is InChI=1S/C18H23F3N6O2/c1-11-13(12(2)27-17(23-11)24-16(25-27)18(19,20)21)6-7-14(28)22-8-4-10-26-9-3-5-15(26)29/h3-10H2,1-2H3,(H,22,28). The summed E-state index contributed by atoms with van der Waals surface area (Å²) in [7, 11) is 0. The number of aryl methyl sites for hydroxylation is 2. The van der Waals surface area contributed by atoms with Crippen molar-refractivity contribution in [2.45, 2.75) is 52.1 Å². The molecule has 158 valence electrons. The van der Waals surface area contributed by atoms with Crippen LogP contribution in [-0.2, 0) is 22.2 Å². The third-order valence-corrected chi connectivity index (χ3v) is 5.00. The van der Waals surface area contributed by atoms with E-state index in [1.165, 1.54) is 0 Å². The van der Waals surface area contributed by atoms with E-state index in [0.717, 1.165) is 17.5 Å². The number of carbonyl (C=O) groups excluding carboxylic acids is 2. The Morgan fingerprint density at radius 3 is 2.66 bits per heavy atom. The third-order valence-electron chi connectivity index (χ3n) is 5.00. The molecule has 0 atom stereocenters. The van der Waals surface area contributed by atoms with Gasteiger partial charge in [0, 0.05) is 43.9 Å². The summed E-state index contributed by atoms with van der Waals surface area (Å²) in [6.45, 7) is 5.19. The molecule has 0 unspecified atom stereocenters. The van der Waals surface area contributed by atoms with E-state index >= 15 is 0 Å². The van der Waals surface area contributed by atoms with Gasteiger partial charge in [-0.1, -0.05) is 0 Å². The average Bonchev–Trinajstić information content (AvgIpc) is 3.24. The number of halogens is 3. The van der Waals surface area contributed by atoms with Crippen molar-refractivity contribution in [3.05, 3.63) is 22.8 Å². The minimum absolute atomic E-state index is 0.114. The zero-order valence-corrected chi connectivity index (χ0v) is 16.3. The van der Waals surface area contributed by atoms with E-state index in [2.05, 4.69) is 20.4 Å². The minimum Gasteiger partial charge on any atom is -0.356 e. The first-order valence-corrected chi connectivity index (χ1v) is 9.51. The molecule has 0 aliphatic carbocycles. The molecular formula is C18H23F3N6O2. The van der Waals surface area contributed by atoms with Crippen molar-refractivity contribution < 1.29 is 22.8 Å². The number of aromatic nitrogens is 4. The predicted molar refractivity (Wildman–Crippen MR) is 97.0 cm³/mol. The molecule has 8 nitrogen and oxygen atoms in total. The summed E-state index contributed by atoms with van der Waals surface area (Å²) in [6.07, 6.45) is -1.97. The van der Waals surface area contributed by atoms with Crippen molar-refractivity contribution in [1.29, 1.82) is 0 Å². The first-order valence-electron chi connectivity index (χ1n) is 9.51. The topological polar surface area (TPSA) is 92.5 Å². The Morgan fingerprint density at radius 2 is 2.00 bits per heavy atom. The maximum atomic E-state index is 12.8. The SMILES string of the molecule is Cc1nc2nc(C(F)(F)F)nn2c(C)c1CCC(=O)NCCCN1CCCC1=O. The number of hydrogen-bond donors (Lipinski definition) is 1. The van der Waals surface area contributed by atoms with Gasteiger partial charge in [0.15, 0.2) is 0 Å². The van der Waals surface area contributed by atoms with Crippen LogP contribution in [0.1, 0.15) is 48.5 Å². The van der Waals surface area contributed by atoms with Crippen LogP contribution in [0.25, 0.3) is 5.78 Å². The Hall–Kier alpha value is -2.72. The van der Waals surface area contributed by atoms with Gasteiger partial charge in [-0.15, -0.1) is 5.10 Å². The highest BCUT2D eigenvalue weighted by Gasteiger charge is 2.37. The molecule has 0 bridgehead atoms. The molecule has 11 heteroatoms. The van der Waals surface area contributed by atoms with Crippen LogP contribution in [0.15, 0.2) is 0 Å². The van der Waals surface area contributed by atoms with Gasteiger partial charge in [0.25, 0.3) is 11.6 Å². The Balaban J connectivity index is 1.55. The smallest absolute Gasteiger partial charge is 0.356 e. The van der Waals surface area contributed by atoms with Gasteiger partial charge in [0.1, 0.15) is 0 Å². The molecular weight excluding hydrogens is 389 g/mol. The van der Waals surface area contributed by atoms with E-state index in [1.807, 2.05) is 0 Å². The fourth-order valence-corrected chi connectivity index (χ4v) is 3.46. The van der Waals surface area contributed by atoms with Gasteiger partial charge in [-0.05, 0) is 38.7 Å². The first-order chi connectivity index (χ1) is 13.7. The van der Waals surface area contributed by atoms with Crippen molar-refractivity contribution >= 4 is 17.6 Å². The van der Waals surface area contributed by atoms with E-state index < -0.39 is 12.0 Å². The lowest BCUT2D eigenvalue weighted by Crippen LogP contribution is -2.30. The van der Waals surface area contributed by atoms with E-state index in [-0.39, 0.29) is 24.0 Å². The second kappa shape index (κ2) is 8.34. The van der Waals surface area contributed by atoms with Crippen LogP contribution < -0.4 is 5.32 Å². The van der Waals surface area contributed by atoms with Crippen LogP contribution >= 0.6 is 0 Å². The highest BCUT2D eigenvalue weighted by atomic mass is 19.4. The largest absolute Gasteiger partial charge is 0.453 e. The normalized spacial score (nSPS) is 14.8. The van der Waals surface area contributed by atoms with Gasteiger partial charge < -0.3 is 10.2 Å². The third kappa shape index (κ3) is 4.83. The van der Waals surface area contributed by atoms with Crippen molar-refractivity contribution in [2.24, 2.45) is 0 Å². The molecule has 0 saturated carbocycles. The average molecular weight is 412 g/mol. The second-order valence-electron chi connectivity index (χ2n) is 7.09. The molecule has 1 aliphatic rings. The van der Waals surface area contributed by atoms with E-state index in [0.29, 0.717) is 49.3 Å². The molecule has 29 heavy (non-hydrogen) atoms. The number of rotatable bonds is 7. The van der Waals surface area contributed by atoms with Crippen LogP contribution in [0, 0.1) is 13.8 Å². The fourth-order valence-electron chi connectivity index (χ4n) is 3.46. The Kier molecular flexibility index (Phi) is 6.04. The molecule has 2 aromatic heterocycles. The summed E-state index contributed by atoms with van der Waals surface area (Å²) < 4.78 is 39.6. The molecule has 3 heterocycles. The number of hydrogen-bond acceptors (Lipinski definition) is 5. The molecule has 1 saturated heterocycles. The molecule has 0 aromatic carbocycles. The van der Waals surface area contributed by atoms with Gasteiger partial charge in [0.2, 0.25) is 11.8 Å². The quantitative estimate of drug-likeness (QED) is 0.701. The molecule has 2 amide bonds. The lowest BCUT2D eigenvalue weighted by molar-refractivity contribution is -0.144. The Morgan fingerprint density at radius 1 is 1.24 bits per heavy atom. The molecule has 0 spiro atoms. The van der Waals surface area contributed by atoms with Crippen LogP contribution in [-0.4, -0.2) is 55.9 Å². The highest BCUT2D eigenvalue weighted by Crippen LogP contribution is 2.27. The maximum Gasteiger partial charge on any atom is 0.453 e. The summed E-state index contributed by atoms with van der Waals surface area (Å²) in [5.41, 5.74) is 1.68. The zero-order valence-electron chi connectivity index (χ0n) is 16.3. The summed E-state index contributed by atoms with van der Waals surface area (Å²) in [4.78, 5) is 33.0. The number of fused-ring (bicyclic) bond motifs is 1. The van der Waals surface area contributed by atoms with Gasteiger partial charge in [-0.3, -0.25) is 9.59 Å². The minimum atomic E-state index is -4.65. The number of carbonyl (C=O) groups is 2. The second-order valence-corrected chi connectivity index (χ2v) is 7.09. The lowest BCUT2D eigenvalue weighted by atomic mass is 10.1. The summed E-state index contributed by atoms with van der Waals surface area (Å²) >= 11 is 0. The lowest BCUT2D eigenvalue weighted by Gasteiger charge is -2.15. The van der Waals surface area contributed by atoms with E-state index in [1.54, 1.807) is 18.7 Å². The molecule has 3 rings (SSSR count). The first kappa shape index (κ1) is 21.0. The van der Waals surface area contributed by atoms with Gasteiger partial charge in [-0.25, -0.2) is 9.50 Å². The number of amides is 2. The van der Waals surface area contributed by atoms with Crippen molar-refractivity contribution in [1.82, 2.24) is 29.8 Å². The number of nitrogens with one attached hydrogen (secondary N) is 1. The molecule has 1 aliphatic heterocycles. The number of alkyl halides is 3. The molecule has 2 aromatic rings. The molecule has 1 N–H and O–H groups in total. The summed E-state index contributed by atoms with van der Waals surface area (Å²) in [6, 6.07) is 0. The predicted octanol–water partition coefficient (Wildman–Crippen LogP) is 1.82.